The average molecular weight is 456 g/mol. The van der Waals surface area contributed by atoms with Crippen molar-refractivity contribution >= 4 is 15.9 Å². The first kappa shape index (κ1) is 23.0. The average Bonchev–Trinajstić information content (AvgIpc) is 2.84. The van der Waals surface area contributed by atoms with Gasteiger partial charge in [-0.2, -0.15) is 4.31 Å². The second-order valence-electron chi connectivity index (χ2n) is 8.88. The van der Waals surface area contributed by atoms with E-state index in [2.05, 4.69) is 24.1 Å². The van der Waals surface area contributed by atoms with Crippen LogP contribution in [0.2, 0.25) is 0 Å². The summed E-state index contributed by atoms with van der Waals surface area (Å²) in [5.41, 5.74) is 2.15. The molecular weight excluding hydrogens is 422 g/mol. The Kier molecular flexibility index (Phi) is 7.28. The number of nitrogens with zero attached hydrogens (tertiary/aromatic N) is 3. The minimum atomic E-state index is -3.42. The quantitative estimate of drug-likeness (QED) is 0.671. The molecule has 4 rings (SSSR count). The maximum absolute atomic E-state index is 13.1. The minimum Gasteiger partial charge on any atom is -0.333 e. The van der Waals surface area contributed by atoms with Gasteiger partial charge in [0.25, 0.3) is 0 Å². The smallest absolute Gasteiger partial charge is 0.243 e. The van der Waals surface area contributed by atoms with Gasteiger partial charge in [0.15, 0.2) is 0 Å². The third kappa shape index (κ3) is 5.22. The number of aryl methyl sites for hydroxylation is 1. The molecule has 0 aliphatic carbocycles. The summed E-state index contributed by atoms with van der Waals surface area (Å²) < 4.78 is 27.2. The van der Waals surface area contributed by atoms with Crippen LogP contribution < -0.4 is 0 Å². The Morgan fingerprint density at radius 2 is 1.59 bits per heavy atom. The molecule has 0 saturated carbocycles. The van der Waals surface area contributed by atoms with E-state index in [-0.39, 0.29) is 11.9 Å². The first-order chi connectivity index (χ1) is 15.4. The Hall–Kier alpha value is -2.22. The number of hydrogen-bond donors (Lipinski definition) is 0. The maximum atomic E-state index is 13.1. The van der Waals surface area contributed by atoms with Gasteiger partial charge in [-0.05, 0) is 49.6 Å². The van der Waals surface area contributed by atoms with Gasteiger partial charge in [0.05, 0.1) is 10.9 Å². The van der Waals surface area contributed by atoms with Crippen molar-refractivity contribution in [2.45, 2.75) is 43.0 Å². The van der Waals surface area contributed by atoms with E-state index >= 15 is 0 Å². The van der Waals surface area contributed by atoms with Crippen LogP contribution in [-0.4, -0.2) is 68.2 Å². The standard InChI is InChI=1S/C25H33N3O3S/c1-26-18-19-28(24(20-26)22-8-4-2-5-9-22)25(29)15-12-21-10-13-23(14-11-21)32(30,31)27-16-6-3-7-17-27/h2,4-5,8-11,13-14,24H,3,6-7,12,15-20H2,1H3. The summed E-state index contributed by atoms with van der Waals surface area (Å²) in [6.45, 7) is 3.64. The highest BCUT2D eigenvalue weighted by Gasteiger charge is 2.30. The van der Waals surface area contributed by atoms with E-state index in [0.717, 1.165) is 44.5 Å². The highest BCUT2D eigenvalue weighted by atomic mass is 32.2. The fourth-order valence-corrected chi connectivity index (χ4v) is 6.17. The summed E-state index contributed by atoms with van der Waals surface area (Å²) in [6.07, 6.45) is 3.98. The van der Waals surface area contributed by atoms with Gasteiger partial charge in [-0.25, -0.2) is 8.42 Å². The maximum Gasteiger partial charge on any atom is 0.243 e. The SMILES string of the molecule is CN1CCN(C(=O)CCc2ccc(S(=O)(=O)N3CCCCC3)cc2)C(c2ccccc2)C1. The normalized spacial score (nSPS) is 20.9. The first-order valence-electron chi connectivity index (χ1n) is 11.6. The number of benzene rings is 2. The Morgan fingerprint density at radius 1 is 0.906 bits per heavy atom. The summed E-state index contributed by atoms with van der Waals surface area (Å²) in [5, 5.41) is 0. The molecule has 32 heavy (non-hydrogen) atoms. The lowest BCUT2D eigenvalue weighted by molar-refractivity contribution is -0.136. The predicted octanol–water partition coefficient (Wildman–Crippen LogP) is 3.31. The third-order valence-corrected chi connectivity index (χ3v) is 8.50. The molecule has 0 bridgehead atoms. The molecule has 2 aliphatic rings. The minimum absolute atomic E-state index is 0.0690. The predicted molar refractivity (Wildman–Crippen MR) is 126 cm³/mol. The van der Waals surface area contributed by atoms with Gasteiger partial charge >= 0.3 is 0 Å². The lowest BCUT2D eigenvalue weighted by Gasteiger charge is -2.40. The highest BCUT2D eigenvalue weighted by Crippen LogP contribution is 2.26. The van der Waals surface area contributed by atoms with Crippen molar-refractivity contribution in [3.8, 4) is 0 Å². The molecule has 7 heteroatoms. The third-order valence-electron chi connectivity index (χ3n) is 6.59. The number of hydrogen-bond acceptors (Lipinski definition) is 4. The lowest BCUT2D eigenvalue weighted by atomic mass is 10.0. The molecule has 1 amide bonds. The molecule has 172 valence electrons. The molecule has 0 aromatic heterocycles. The summed E-state index contributed by atoms with van der Waals surface area (Å²) >= 11 is 0. The van der Waals surface area contributed by atoms with Crippen LogP contribution in [0.25, 0.3) is 0 Å². The van der Waals surface area contributed by atoms with E-state index in [0.29, 0.717) is 30.8 Å². The molecule has 2 aromatic carbocycles. The topological polar surface area (TPSA) is 60.9 Å². The molecule has 2 saturated heterocycles. The van der Waals surface area contributed by atoms with Gasteiger partial charge < -0.3 is 9.80 Å². The van der Waals surface area contributed by atoms with E-state index < -0.39 is 10.0 Å². The molecule has 1 unspecified atom stereocenters. The number of carbonyl (C=O) groups is 1. The van der Waals surface area contributed by atoms with E-state index in [1.165, 1.54) is 5.56 Å². The zero-order valence-corrected chi connectivity index (χ0v) is 19.6. The molecule has 2 heterocycles. The van der Waals surface area contributed by atoms with E-state index in [4.69, 9.17) is 0 Å². The number of carbonyl (C=O) groups excluding carboxylic acids is 1. The molecule has 0 N–H and O–H groups in total. The van der Waals surface area contributed by atoms with Crippen molar-refractivity contribution < 1.29 is 13.2 Å². The van der Waals surface area contributed by atoms with Crippen molar-refractivity contribution in [2.24, 2.45) is 0 Å². The number of amides is 1. The molecule has 2 fully saturated rings. The van der Waals surface area contributed by atoms with Crippen LogP contribution >= 0.6 is 0 Å². The van der Waals surface area contributed by atoms with Gasteiger partial charge in [-0.3, -0.25) is 4.79 Å². The number of piperidine rings is 1. The molecule has 1 atom stereocenters. The van der Waals surface area contributed by atoms with Crippen molar-refractivity contribution in [1.82, 2.24) is 14.1 Å². The van der Waals surface area contributed by atoms with Gasteiger partial charge in [-0.1, -0.05) is 48.9 Å². The fourth-order valence-electron chi connectivity index (χ4n) is 4.66. The Bertz CT molecular complexity index is 1000. The van der Waals surface area contributed by atoms with E-state index in [9.17, 15) is 13.2 Å². The van der Waals surface area contributed by atoms with Crippen molar-refractivity contribution in [3.63, 3.8) is 0 Å². The number of piperazine rings is 1. The van der Waals surface area contributed by atoms with Crippen LogP contribution in [0.15, 0.2) is 59.5 Å². The number of sulfonamides is 1. The molecular formula is C25H33N3O3S. The summed E-state index contributed by atoms with van der Waals surface area (Å²) in [6, 6.07) is 17.4. The van der Waals surface area contributed by atoms with Crippen molar-refractivity contribution in [1.29, 1.82) is 0 Å². The van der Waals surface area contributed by atoms with Gasteiger partial charge in [0.2, 0.25) is 15.9 Å². The van der Waals surface area contributed by atoms with Gasteiger partial charge in [-0.15, -0.1) is 0 Å². The fraction of sp³-hybridized carbons (Fsp3) is 0.480. The van der Waals surface area contributed by atoms with Crippen LogP contribution in [0.3, 0.4) is 0 Å². The molecule has 6 nitrogen and oxygen atoms in total. The highest BCUT2D eigenvalue weighted by molar-refractivity contribution is 7.89. The zero-order chi connectivity index (χ0) is 22.6. The Balaban J connectivity index is 1.39. The van der Waals surface area contributed by atoms with Crippen LogP contribution in [0.4, 0.5) is 0 Å². The Morgan fingerprint density at radius 3 is 2.28 bits per heavy atom. The largest absolute Gasteiger partial charge is 0.333 e. The van der Waals surface area contributed by atoms with Crippen LogP contribution in [0.1, 0.15) is 42.9 Å². The van der Waals surface area contributed by atoms with Crippen LogP contribution in [0.5, 0.6) is 0 Å². The summed E-state index contributed by atoms with van der Waals surface area (Å²) in [4.78, 5) is 17.7. The van der Waals surface area contributed by atoms with E-state index in [1.807, 2.05) is 35.2 Å². The second-order valence-corrected chi connectivity index (χ2v) is 10.8. The molecule has 2 aromatic rings. The molecule has 2 aliphatic heterocycles. The second kappa shape index (κ2) is 10.1. The lowest BCUT2D eigenvalue weighted by Crippen LogP contribution is -2.49. The van der Waals surface area contributed by atoms with Crippen molar-refractivity contribution in [2.75, 3.05) is 39.8 Å². The number of likely N-dealkylation sites (N-methyl/N-ethyl adjacent to an activating group) is 1. The zero-order valence-electron chi connectivity index (χ0n) is 18.8. The summed E-state index contributed by atoms with van der Waals surface area (Å²) in [7, 11) is -1.32. The van der Waals surface area contributed by atoms with E-state index in [1.54, 1.807) is 16.4 Å². The molecule has 0 radical (unpaired) electrons. The number of rotatable bonds is 6. The van der Waals surface area contributed by atoms with Gasteiger partial charge in [0, 0.05) is 39.1 Å². The first-order valence-corrected chi connectivity index (χ1v) is 13.0. The van der Waals surface area contributed by atoms with Crippen LogP contribution in [-0.2, 0) is 21.2 Å². The van der Waals surface area contributed by atoms with Crippen molar-refractivity contribution in [3.05, 3.63) is 65.7 Å². The summed E-state index contributed by atoms with van der Waals surface area (Å²) in [5.74, 6) is 0.150. The molecule has 0 spiro atoms. The monoisotopic (exact) mass is 455 g/mol. The Labute approximate surface area is 191 Å². The van der Waals surface area contributed by atoms with Gasteiger partial charge in [0.1, 0.15) is 0 Å². The van der Waals surface area contributed by atoms with Crippen LogP contribution in [0, 0.1) is 0 Å².